The summed E-state index contributed by atoms with van der Waals surface area (Å²) in [4.78, 5) is 27.8. The van der Waals surface area contributed by atoms with Gasteiger partial charge in [0.15, 0.2) is 12.4 Å². The van der Waals surface area contributed by atoms with Crippen LogP contribution in [-0.4, -0.2) is 35.7 Å². The van der Waals surface area contributed by atoms with Crippen molar-refractivity contribution in [1.82, 2.24) is 15.5 Å². The van der Waals surface area contributed by atoms with Crippen LogP contribution in [-0.2, 0) is 16.1 Å². The Hall–Kier alpha value is -2.90. The molecule has 1 amide bonds. The third-order valence-corrected chi connectivity index (χ3v) is 3.10. The van der Waals surface area contributed by atoms with Crippen molar-refractivity contribution in [3.05, 3.63) is 41.5 Å². The normalized spacial score (nSPS) is 10.5. The molecule has 0 aliphatic rings. The summed E-state index contributed by atoms with van der Waals surface area (Å²) < 4.78 is 15.0. The molecule has 1 aromatic heterocycles. The minimum atomic E-state index is -0.609. The third kappa shape index (κ3) is 4.55. The van der Waals surface area contributed by atoms with Gasteiger partial charge in [0.2, 0.25) is 0 Å². The third-order valence-electron chi connectivity index (χ3n) is 3.10. The van der Waals surface area contributed by atoms with Gasteiger partial charge in [-0.25, -0.2) is 0 Å². The number of hydrogen-bond acceptors (Lipinski definition) is 7. The first-order valence-electron chi connectivity index (χ1n) is 7.40. The molecule has 0 saturated heterocycles. The lowest BCUT2D eigenvalue weighted by molar-refractivity contribution is -0.144. The number of rotatable bonds is 7. The van der Waals surface area contributed by atoms with Gasteiger partial charge in [0, 0.05) is 5.92 Å². The lowest BCUT2D eigenvalue weighted by Gasteiger charge is -2.08. The van der Waals surface area contributed by atoms with Gasteiger partial charge in [0.1, 0.15) is 12.3 Å². The van der Waals surface area contributed by atoms with Crippen LogP contribution < -0.4 is 10.1 Å². The molecule has 2 rings (SSSR count). The van der Waals surface area contributed by atoms with Gasteiger partial charge in [-0.1, -0.05) is 31.1 Å². The predicted octanol–water partition coefficient (Wildman–Crippen LogP) is 1.67. The molecule has 128 valence electrons. The number of para-hydroxylation sites is 1. The molecular weight excluding hydrogens is 314 g/mol. The van der Waals surface area contributed by atoms with Crippen molar-refractivity contribution in [3.63, 3.8) is 0 Å². The van der Waals surface area contributed by atoms with Crippen LogP contribution in [0, 0.1) is 0 Å². The number of nitrogens with one attached hydrogen (secondary N) is 1. The number of carbonyl (C=O) groups is 2. The molecule has 0 spiro atoms. The summed E-state index contributed by atoms with van der Waals surface area (Å²) >= 11 is 0. The average Bonchev–Trinajstić information content (AvgIpc) is 3.07. The Morgan fingerprint density at radius 2 is 2.04 bits per heavy atom. The molecule has 0 radical (unpaired) electrons. The van der Waals surface area contributed by atoms with Crippen molar-refractivity contribution in [1.29, 1.82) is 0 Å². The molecule has 8 nitrogen and oxygen atoms in total. The van der Waals surface area contributed by atoms with Crippen LogP contribution in [0.3, 0.4) is 0 Å². The molecule has 0 saturated carbocycles. The predicted molar refractivity (Wildman–Crippen MR) is 83.5 cm³/mol. The largest absolute Gasteiger partial charge is 0.496 e. The van der Waals surface area contributed by atoms with Crippen molar-refractivity contribution in [2.24, 2.45) is 0 Å². The average molecular weight is 333 g/mol. The molecule has 1 N–H and O–H groups in total. The lowest BCUT2D eigenvalue weighted by atomic mass is 10.2. The van der Waals surface area contributed by atoms with E-state index in [4.69, 9.17) is 14.0 Å². The minimum absolute atomic E-state index is 0.123. The second-order valence-corrected chi connectivity index (χ2v) is 5.24. The number of benzene rings is 1. The first-order valence-corrected chi connectivity index (χ1v) is 7.40. The van der Waals surface area contributed by atoms with Gasteiger partial charge in [-0.05, 0) is 12.1 Å². The summed E-state index contributed by atoms with van der Waals surface area (Å²) in [6, 6.07) is 6.72. The highest BCUT2D eigenvalue weighted by atomic mass is 16.6. The van der Waals surface area contributed by atoms with Crippen molar-refractivity contribution in [2.75, 3.05) is 13.7 Å². The lowest BCUT2D eigenvalue weighted by Crippen LogP contribution is -2.30. The summed E-state index contributed by atoms with van der Waals surface area (Å²) in [5.74, 6) is 0.272. The molecule has 8 heteroatoms. The molecule has 0 bridgehead atoms. The zero-order chi connectivity index (χ0) is 17.5. The number of esters is 1. The standard InChI is InChI=1S/C16H19N3O5/c1-10(2)15-18-13(24-19-15)9-23-14(20)8-17-16(21)11-6-4-5-7-12(11)22-3/h4-7,10H,8-9H2,1-3H3,(H,17,21). The first-order chi connectivity index (χ1) is 11.5. The number of hydrogen-bond donors (Lipinski definition) is 1. The van der Waals surface area contributed by atoms with E-state index >= 15 is 0 Å². The van der Waals surface area contributed by atoms with Crippen molar-refractivity contribution < 1.29 is 23.6 Å². The summed E-state index contributed by atoms with van der Waals surface area (Å²) in [7, 11) is 1.47. The molecule has 0 atom stereocenters. The Morgan fingerprint density at radius 3 is 2.71 bits per heavy atom. The number of amides is 1. The molecule has 1 aromatic carbocycles. The Kier molecular flexibility index (Phi) is 5.89. The van der Waals surface area contributed by atoms with E-state index in [9.17, 15) is 9.59 Å². The molecular formula is C16H19N3O5. The number of nitrogens with zero attached hydrogens (tertiary/aromatic N) is 2. The highest BCUT2D eigenvalue weighted by Crippen LogP contribution is 2.16. The van der Waals surface area contributed by atoms with E-state index in [1.165, 1.54) is 7.11 Å². The van der Waals surface area contributed by atoms with Crippen LogP contribution in [0.5, 0.6) is 5.75 Å². The Balaban J connectivity index is 1.81. The molecule has 24 heavy (non-hydrogen) atoms. The van der Waals surface area contributed by atoms with Gasteiger partial charge >= 0.3 is 5.97 Å². The number of carbonyl (C=O) groups excluding carboxylic acids is 2. The van der Waals surface area contributed by atoms with Crippen LogP contribution in [0.2, 0.25) is 0 Å². The van der Waals surface area contributed by atoms with Crippen LogP contribution in [0.1, 0.15) is 41.8 Å². The van der Waals surface area contributed by atoms with Gasteiger partial charge in [-0.2, -0.15) is 4.98 Å². The van der Waals surface area contributed by atoms with E-state index in [2.05, 4.69) is 15.5 Å². The first kappa shape index (κ1) is 17.5. The summed E-state index contributed by atoms with van der Waals surface area (Å²) in [6.45, 7) is 3.44. The highest BCUT2D eigenvalue weighted by molar-refractivity contribution is 5.98. The van der Waals surface area contributed by atoms with Crippen molar-refractivity contribution in [3.8, 4) is 5.75 Å². The Bertz CT molecular complexity index is 711. The zero-order valence-electron chi connectivity index (χ0n) is 13.7. The van der Waals surface area contributed by atoms with Gasteiger partial charge in [-0.15, -0.1) is 0 Å². The second kappa shape index (κ2) is 8.09. The fourth-order valence-electron chi connectivity index (χ4n) is 1.83. The summed E-state index contributed by atoms with van der Waals surface area (Å²) in [6.07, 6.45) is 0. The van der Waals surface area contributed by atoms with Crippen LogP contribution in [0.15, 0.2) is 28.8 Å². The number of methoxy groups -OCH3 is 1. The molecule has 0 aliphatic heterocycles. The fourth-order valence-corrected chi connectivity index (χ4v) is 1.83. The van der Waals surface area contributed by atoms with E-state index in [-0.39, 0.29) is 25.0 Å². The highest BCUT2D eigenvalue weighted by Gasteiger charge is 2.15. The summed E-state index contributed by atoms with van der Waals surface area (Å²) in [5, 5.41) is 6.24. The molecule has 0 aliphatic carbocycles. The van der Waals surface area contributed by atoms with E-state index in [0.29, 0.717) is 17.1 Å². The SMILES string of the molecule is COc1ccccc1C(=O)NCC(=O)OCc1nc(C(C)C)no1. The van der Waals surface area contributed by atoms with Gasteiger partial charge in [0.25, 0.3) is 11.8 Å². The Labute approximate surface area is 139 Å². The van der Waals surface area contributed by atoms with E-state index in [0.717, 1.165) is 0 Å². The van der Waals surface area contributed by atoms with Crippen LogP contribution >= 0.6 is 0 Å². The van der Waals surface area contributed by atoms with E-state index in [1.54, 1.807) is 24.3 Å². The topological polar surface area (TPSA) is 104 Å². The van der Waals surface area contributed by atoms with Gasteiger partial charge < -0.3 is 19.3 Å². The monoisotopic (exact) mass is 333 g/mol. The van der Waals surface area contributed by atoms with Gasteiger partial charge in [-0.3, -0.25) is 9.59 Å². The smallest absolute Gasteiger partial charge is 0.325 e. The zero-order valence-corrected chi connectivity index (χ0v) is 13.7. The maximum atomic E-state index is 12.0. The van der Waals surface area contributed by atoms with Crippen molar-refractivity contribution >= 4 is 11.9 Å². The number of aromatic nitrogens is 2. The van der Waals surface area contributed by atoms with E-state index < -0.39 is 11.9 Å². The maximum Gasteiger partial charge on any atom is 0.325 e. The summed E-state index contributed by atoms with van der Waals surface area (Å²) in [5.41, 5.74) is 0.339. The van der Waals surface area contributed by atoms with E-state index in [1.807, 2.05) is 13.8 Å². The van der Waals surface area contributed by atoms with Crippen LogP contribution in [0.4, 0.5) is 0 Å². The minimum Gasteiger partial charge on any atom is -0.496 e. The number of ether oxygens (including phenoxy) is 2. The molecule has 2 aromatic rings. The Morgan fingerprint density at radius 1 is 1.29 bits per heavy atom. The molecule has 1 heterocycles. The van der Waals surface area contributed by atoms with Crippen LogP contribution in [0.25, 0.3) is 0 Å². The molecule has 0 unspecified atom stereocenters. The fraction of sp³-hybridized carbons (Fsp3) is 0.375. The quantitative estimate of drug-likeness (QED) is 0.769. The van der Waals surface area contributed by atoms with Gasteiger partial charge in [0.05, 0.1) is 12.7 Å². The second-order valence-electron chi connectivity index (χ2n) is 5.24. The maximum absolute atomic E-state index is 12.0. The van der Waals surface area contributed by atoms with Crippen molar-refractivity contribution in [2.45, 2.75) is 26.4 Å². The molecule has 0 fully saturated rings.